The molecule has 0 unspecified atom stereocenters. The minimum atomic E-state index is -4.60. The molecule has 0 spiro atoms. The van der Waals surface area contributed by atoms with Crippen LogP contribution in [0.1, 0.15) is 16.2 Å². The van der Waals surface area contributed by atoms with E-state index < -0.39 is 18.0 Å². The smallest absolute Gasteiger partial charge is 0.426 e. The molecule has 8 heteroatoms. The number of rotatable bonds is 3. The highest BCUT2D eigenvalue weighted by molar-refractivity contribution is 7.99. The summed E-state index contributed by atoms with van der Waals surface area (Å²) in [6.45, 7) is 0. The number of hydrogen-bond acceptors (Lipinski definition) is 4. The third-order valence-corrected chi connectivity index (χ3v) is 2.98. The fraction of sp³-hybridized carbons (Fsp3) is 0.0909. The molecular formula is C11H7F3N2O2S. The fourth-order valence-corrected chi connectivity index (χ4v) is 1.97. The SMILES string of the molecule is NC(=O)c1ccc(Sc2cnc(C(F)(F)F)o2)cc1. The molecule has 2 aromatic rings. The average molecular weight is 288 g/mol. The van der Waals surface area contributed by atoms with Gasteiger partial charge < -0.3 is 10.2 Å². The molecule has 0 atom stereocenters. The van der Waals surface area contributed by atoms with E-state index >= 15 is 0 Å². The Morgan fingerprint density at radius 2 is 1.89 bits per heavy atom. The molecule has 0 fully saturated rings. The highest BCUT2D eigenvalue weighted by atomic mass is 32.2. The molecule has 0 aliphatic rings. The number of amides is 1. The van der Waals surface area contributed by atoms with Gasteiger partial charge in [0.15, 0.2) is 5.09 Å². The summed E-state index contributed by atoms with van der Waals surface area (Å²) in [5.74, 6) is -1.86. The highest BCUT2D eigenvalue weighted by Crippen LogP contribution is 2.34. The third kappa shape index (κ3) is 3.28. The zero-order valence-corrected chi connectivity index (χ0v) is 10.1. The average Bonchev–Trinajstić information content (AvgIpc) is 2.78. The van der Waals surface area contributed by atoms with Crippen molar-refractivity contribution in [1.29, 1.82) is 0 Å². The van der Waals surface area contributed by atoms with Crippen LogP contribution in [0.2, 0.25) is 0 Å². The second-order valence-corrected chi connectivity index (χ2v) is 4.55. The Labute approximate surface area is 109 Å². The Morgan fingerprint density at radius 1 is 1.26 bits per heavy atom. The quantitative estimate of drug-likeness (QED) is 0.942. The second kappa shape index (κ2) is 4.96. The zero-order chi connectivity index (χ0) is 14.0. The Balaban J connectivity index is 2.13. The summed E-state index contributed by atoms with van der Waals surface area (Å²) in [4.78, 5) is 14.6. The van der Waals surface area contributed by atoms with E-state index in [1.54, 1.807) is 12.1 Å². The predicted molar refractivity (Wildman–Crippen MR) is 60.6 cm³/mol. The normalized spacial score (nSPS) is 11.5. The Bertz CT molecular complexity index is 593. The predicted octanol–water partition coefficient (Wildman–Crippen LogP) is 2.94. The molecule has 2 rings (SSSR count). The van der Waals surface area contributed by atoms with Crippen LogP contribution in [-0.4, -0.2) is 10.9 Å². The minimum Gasteiger partial charge on any atom is -0.426 e. The van der Waals surface area contributed by atoms with Crippen molar-refractivity contribution in [3.8, 4) is 0 Å². The Morgan fingerprint density at radius 3 is 2.37 bits per heavy atom. The molecule has 0 saturated carbocycles. The molecule has 1 aromatic carbocycles. The summed E-state index contributed by atoms with van der Waals surface area (Å²) in [7, 11) is 0. The van der Waals surface area contributed by atoms with Gasteiger partial charge in [-0.05, 0) is 24.3 Å². The highest BCUT2D eigenvalue weighted by Gasteiger charge is 2.37. The molecule has 0 radical (unpaired) electrons. The van der Waals surface area contributed by atoms with E-state index in [0.717, 1.165) is 18.0 Å². The van der Waals surface area contributed by atoms with E-state index in [-0.39, 0.29) is 5.09 Å². The first-order valence-corrected chi connectivity index (χ1v) is 5.78. The summed E-state index contributed by atoms with van der Waals surface area (Å²) in [6, 6.07) is 6.07. The second-order valence-electron chi connectivity index (χ2n) is 3.47. The maximum atomic E-state index is 12.3. The number of hydrogen-bond donors (Lipinski definition) is 1. The summed E-state index contributed by atoms with van der Waals surface area (Å²) in [6.07, 6.45) is -3.61. The van der Waals surface area contributed by atoms with E-state index in [4.69, 9.17) is 5.73 Å². The van der Waals surface area contributed by atoms with Gasteiger partial charge in [-0.2, -0.15) is 13.2 Å². The molecular weight excluding hydrogens is 281 g/mol. The van der Waals surface area contributed by atoms with E-state index in [1.165, 1.54) is 12.1 Å². The molecule has 1 amide bonds. The number of carbonyl (C=O) groups excluding carboxylic acids is 1. The lowest BCUT2D eigenvalue weighted by atomic mass is 10.2. The van der Waals surface area contributed by atoms with Crippen LogP contribution in [-0.2, 0) is 6.18 Å². The van der Waals surface area contributed by atoms with Crippen LogP contribution < -0.4 is 5.73 Å². The van der Waals surface area contributed by atoms with Crippen molar-refractivity contribution in [3.05, 3.63) is 41.9 Å². The first-order chi connectivity index (χ1) is 8.86. The van der Waals surface area contributed by atoms with Gasteiger partial charge in [-0.3, -0.25) is 4.79 Å². The number of carbonyl (C=O) groups is 1. The molecule has 0 saturated heterocycles. The largest absolute Gasteiger partial charge is 0.468 e. The number of oxazole rings is 1. The molecule has 19 heavy (non-hydrogen) atoms. The van der Waals surface area contributed by atoms with Crippen LogP contribution in [0.3, 0.4) is 0 Å². The van der Waals surface area contributed by atoms with Crippen molar-refractivity contribution < 1.29 is 22.4 Å². The lowest BCUT2D eigenvalue weighted by Crippen LogP contribution is -2.10. The molecule has 2 N–H and O–H groups in total. The van der Waals surface area contributed by atoms with Crippen molar-refractivity contribution in [2.75, 3.05) is 0 Å². The van der Waals surface area contributed by atoms with Crippen LogP contribution in [0, 0.1) is 0 Å². The van der Waals surface area contributed by atoms with Gasteiger partial charge in [0.1, 0.15) is 0 Å². The van der Waals surface area contributed by atoms with Crippen molar-refractivity contribution >= 4 is 17.7 Å². The monoisotopic (exact) mass is 288 g/mol. The third-order valence-electron chi connectivity index (χ3n) is 2.08. The van der Waals surface area contributed by atoms with Gasteiger partial charge in [-0.15, -0.1) is 0 Å². The first kappa shape index (κ1) is 13.5. The van der Waals surface area contributed by atoms with E-state index in [0.29, 0.717) is 10.5 Å². The number of nitrogens with zero attached hydrogens (tertiary/aromatic N) is 1. The summed E-state index contributed by atoms with van der Waals surface area (Å²) in [5, 5.41) is 0.0131. The van der Waals surface area contributed by atoms with Crippen LogP contribution >= 0.6 is 11.8 Å². The number of primary amides is 1. The molecule has 0 aliphatic carbocycles. The van der Waals surface area contributed by atoms with E-state index in [9.17, 15) is 18.0 Å². The topological polar surface area (TPSA) is 69.1 Å². The van der Waals surface area contributed by atoms with Crippen molar-refractivity contribution in [1.82, 2.24) is 4.98 Å². The lowest BCUT2D eigenvalue weighted by molar-refractivity contribution is -0.158. The molecule has 4 nitrogen and oxygen atoms in total. The summed E-state index contributed by atoms with van der Waals surface area (Å²) >= 11 is 0.964. The first-order valence-electron chi connectivity index (χ1n) is 4.97. The van der Waals surface area contributed by atoms with Crippen LogP contribution in [0.25, 0.3) is 0 Å². The van der Waals surface area contributed by atoms with Gasteiger partial charge in [0, 0.05) is 10.5 Å². The van der Waals surface area contributed by atoms with Crippen molar-refractivity contribution in [2.45, 2.75) is 16.2 Å². The number of halogens is 3. The fourth-order valence-electron chi connectivity index (χ4n) is 1.24. The molecule has 0 aliphatic heterocycles. The number of alkyl halides is 3. The van der Waals surface area contributed by atoms with Gasteiger partial charge in [-0.25, -0.2) is 4.98 Å². The lowest BCUT2D eigenvalue weighted by Gasteiger charge is -2.00. The number of benzene rings is 1. The maximum absolute atomic E-state index is 12.3. The summed E-state index contributed by atoms with van der Waals surface area (Å²) in [5.41, 5.74) is 5.39. The number of aromatic nitrogens is 1. The molecule has 0 bridgehead atoms. The van der Waals surface area contributed by atoms with Crippen LogP contribution in [0.15, 0.2) is 44.9 Å². The standard InChI is InChI=1S/C11H7F3N2O2S/c12-11(13,14)10-16-5-8(18-10)19-7-3-1-6(2-4-7)9(15)17/h1-5H,(H2,15,17). The maximum Gasteiger partial charge on any atom is 0.468 e. The van der Waals surface area contributed by atoms with Crippen molar-refractivity contribution in [3.63, 3.8) is 0 Å². The summed E-state index contributed by atoms with van der Waals surface area (Å²) < 4.78 is 41.4. The Hall–Kier alpha value is -1.96. The van der Waals surface area contributed by atoms with E-state index in [2.05, 4.69) is 9.40 Å². The number of nitrogens with two attached hydrogens (primary N) is 1. The zero-order valence-electron chi connectivity index (χ0n) is 9.27. The van der Waals surface area contributed by atoms with Crippen LogP contribution in [0.5, 0.6) is 0 Å². The molecule has 1 heterocycles. The molecule has 1 aromatic heterocycles. The van der Waals surface area contributed by atoms with Gasteiger partial charge in [-0.1, -0.05) is 11.8 Å². The van der Waals surface area contributed by atoms with Gasteiger partial charge in [0.2, 0.25) is 5.91 Å². The van der Waals surface area contributed by atoms with Crippen LogP contribution in [0.4, 0.5) is 13.2 Å². The Kier molecular flexibility index (Phi) is 3.52. The van der Waals surface area contributed by atoms with Crippen molar-refractivity contribution in [2.24, 2.45) is 5.73 Å². The minimum absolute atomic E-state index is 0.0131. The molecule has 100 valence electrons. The van der Waals surface area contributed by atoms with Gasteiger partial charge in [0.05, 0.1) is 6.20 Å². The van der Waals surface area contributed by atoms with Gasteiger partial charge in [0.25, 0.3) is 0 Å². The van der Waals surface area contributed by atoms with Gasteiger partial charge >= 0.3 is 12.1 Å². The van der Waals surface area contributed by atoms with E-state index in [1.807, 2.05) is 0 Å².